The number of anilines is 2. The zero-order valence-corrected chi connectivity index (χ0v) is 11.4. The number of piperidine rings is 1. The van der Waals surface area contributed by atoms with Gasteiger partial charge < -0.3 is 9.80 Å². The van der Waals surface area contributed by atoms with Gasteiger partial charge in [-0.25, -0.2) is 4.98 Å². The van der Waals surface area contributed by atoms with E-state index in [9.17, 15) is 0 Å². The van der Waals surface area contributed by atoms with Crippen LogP contribution >= 0.6 is 11.6 Å². The fourth-order valence-corrected chi connectivity index (χ4v) is 2.25. The molecular weight excluding hydrogens is 236 g/mol. The summed E-state index contributed by atoms with van der Waals surface area (Å²) in [7, 11) is 3.89. The van der Waals surface area contributed by atoms with Gasteiger partial charge in [-0.1, -0.05) is 6.92 Å². The van der Waals surface area contributed by atoms with Crippen LogP contribution in [0.1, 0.15) is 13.3 Å². The van der Waals surface area contributed by atoms with E-state index in [1.165, 1.54) is 0 Å². The normalized spacial score (nSPS) is 24.8. The highest BCUT2D eigenvalue weighted by Gasteiger charge is 2.25. The number of aromatic nitrogens is 2. The molecule has 1 aliphatic heterocycles. The summed E-state index contributed by atoms with van der Waals surface area (Å²) in [5.74, 6) is 2.30. The summed E-state index contributed by atoms with van der Waals surface area (Å²) in [4.78, 5) is 12.9. The van der Waals surface area contributed by atoms with E-state index in [0.717, 1.165) is 31.3 Å². The second kappa shape index (κ2) is 5.08. The third kappa shape index (κ3) is 2.80. The highest BCUT2D eigenvalue weighted by atomic mass is 35.5. The lowest BCUT2D eigenvalue weighted by atomic mass is 9.99. The van der Waals surface area contributed by atoms with Crippen LogP contribution in [-0.2, 0) is 0 Å². The molecule has 0 amide bonds. The van der Waals surface area contributed by atoms with E-state index in [0.29, 0.717) is 5.92 Å². The van der Waals surface area contributed by atoms with Crippen molar-refractivity contribution in [2.75, 3.05) is 37.0 Å². The molecule has 0 saturated carbocycles. The molecule has 0 N–H and O–H groups in total. The van der Waals surface area contributed by atoms with E-state index in [1.54, 1.807) is 6.20 Å². The van der Waals surface area contributed by atoms with Crippen LogP contribution in [-0.4, -0.2) is 42.5 Å². The number of halogens is 1. The fraction of sp³-hybridized carbons (Fsp3) is 0.667. The Balaban J connectivity index is 2.14. The maximum atomic E-state index is 6.32. The monoisotopic (exact) mass is 254 g/mol. The second-order valence-corrected chi connectivity index (χ2v) is 5.40. The average Bonchev–Trinajstić information content (AvgIpc) is 2.33. The van der Waals surface area contributed by atoms with Crippen molar-refractivity contribution >= 4 is 23.4 Å². The molecule has 2 heterocycles. The molecule has 1 fully saturated rings. The summed E-state index contributed by atoms with van der Waals surface area (Å²) >= 11 is 6.32. The van der Waals surface area contributed by atoms with E-state index in [-0.39, 0.29) is 5.38 Å². The molecule has 0 aliphatic carbocycles. The van der Waals surface area contributed by atoms with E-state index >= 15 is 0 Å². The van der Waals surface area contributed by atoms with E-state index in [4.69, 9.17) is 11.6 Å². The van der Waals surface area contributed by atoms with Gasteiger partial charge in [0, 0.05) is 33.4 Å². The van der Waals surface area contributed by atoms with Crippen molar-refractivity contribution in [2.24, 2.45) is 5.92 Å². The lowest BCUT2D eigenvalue weighted by molar-refractivity contribution is 0.443. The molecule has 94 valence electrons. The van der Waals surface area contributed by atoms with Crippen LogP contribution in [0.3, 0.4) is 0 Å². The molecule has 0 spiro atoms. The molecule has 0 radical (unpaired) electrons. The first-order valence-corrected chi connectivity index (χ1v) is 6.41. The summed E-state index contributed by atoms with van der Waals surface area (Å²) in [6.07, 6.45) is 2.93. The fourth-order valence-electron chi connectivity index (χ4n) is 1.96. The Morgan fingerprint density at radius 2 is 2.24 bits per heavy atom. The summed E-state index contributed by atoms with van der Waals surface area (Å²) in [6, 6.07) is 1.95. The molecule has 1 saturated heterocycles. The maximum Gasteiger partial charge on any atom is 0.226 e. The van der Waals surface area contributed by atoms with Crippen molar-refractivity contribution in [3.05, 3.63) is 12.3 Å². The largest absolute Gasteiger partial charge is 0.355 e. The maximum absolute atomic E-state index is 6.32. The van der Waals surface area contributed by atoms with Crippen LogP contribution in [0.25, 0.3) is 0 Å². The van der Waals surface area contributed by atoms with Gasteiger partial charge in [-0.3, -0.25) is 0 Å². The number of alkyl halides is 1. The SMILES string of the molecule is CC1CCN(c2ccnc(N(C)C)n2)CC1Cl. The van der Waals surface area contributed by atoms with E-state index < -0.39 is 0 Å². The van der Waals surface area contributed by atoms with E-state index in [2.05, 4.69) is 21.8 Å². The first-order valence-electron chi connectivity index (χ1n) is 5.97. The minimum atomic E-state index is 0.210. The second-order valence-electron chi connectivity index (χ2n) is 4.84. The van der Waals surface area contributed by atoms with Gasteiger partial charge in [-0.05, 0) is 18.4 Å². The molecule has 0 aromatic carbocycles. The Hall–Kier alpha value is -1.03. The van der Waals surface area contributed by atoms with Gasteiger partial charge in [0.1, 0.15) is 5.82 Å². The Morgan fingerprint density at radius 3 is 2.88 bits per heavy atom. The first-order chi connectivity index (χ1) is 8.08. The summed E-state index contributed by atoms with van der Waals surface area (Å²) in [6.45, 7) is 4.10. The molecule has 5 heteroatoms. The summed E-state index contributed by atoms with van der Waals surface area (Å²) in [5.41, 5.74) is 0. The minimum absolute atomic E-state index is 0.210. The Bertz CT molecular complexity index is 383. The predicted octanol–water partition coefficient (Wildman–Crippen LogP) is 2.00. The molecule has 1 aromatic heterocycles. The quantitative estimate of drug-likeness (QED) is 0.756. The Labute approximate surface area is 108 Å². The van der Waals surface area contributed by atoms with Gasteiger partial charge in [0.05, 0.1) is 5.38 Å². The highest BCUT2D eigenvalue weighted by molar-refractivity contribution is 6.21. The Morgan fingerprint density at radius 1 is 1.47 bits per heavy atom. The highest BCUT2D eigenvalue weighted by Crippen LogP contribution is 2.25. The van der Waals surface area contributed by atoms with Crippen LogP contribution in [0.15, 0.2) is 12.3 Å². The number of hydrogen-bond donors (Lipinski definition) is 0. The van der Waals surface area contributed by atoms with Crippen LogP contribution in [0.4, 0.5) is 11.8 Å². The topological polar surface area (TPSA) is 32.3 Å². The Kier molecular flexibility index (Phi) is 3.72. The third-order valence-electron chi connectivity index (χ3n) is 3.22. The summed E-state index contributed by atoms with van der Waals surface area (Å²) in [5, 5.41) is 0.210. The lowest BCUT2D eigenvalue weighted by Crippen LogP contribution is -2.40. The standard InChI is InChI=1S/C12H19ClN4/c1-9-5-7-17(8-10(9)13)11-4-6-14-12(15-11)16(2)3/h4,6,9-10H,5,7-8H2,1-3H3. The number of hydrogen-bond acceptors (Lipinski definition) is 4. The molecule has 2 atom stereocenters. The van der Waals surface area contributed by atoms with Crippen LogP contribution < -0.4 is 9.80 Å². The zero-order chi connectivity index (χ0) is 12.4. The molecule has 4 nitrogen and oxygen atoms in total. The third-order valence-corrected chi connectivity index (χ3v) is 3.79. The van der Waals surface area contributed by atoms with Crippen LogP contribution in [0.2, 0.25) is 0 Å². The molecular formula is C12H19ClN4. The van der Waals surface area contributed by atoms with Crippen molar-refractivity contribution in [1.29, 1.82) is 0 Å². The molecule has 17 heavy (non-hydrogen) atoms. The minimum Gasteiger partial charge on any atom is -0.355 e. The molecule has 1 aromatic rings. The molecule has 1 aliphatic rings. The lowest BCUT2D eigenvalue weighted by Gasteiger charge is -2.34. The van der Waals surface area contributed by atoms with Gasteiger partial charge in [0.2, 0.25) is 5.95 Å². The number of rotatable bonds is 2. The smallest absolute Gasteiger partial charge is 0.226 e. The first kappa shape index (κ1) is 12.4. The van der Waals surface area contributed by atoms with E-state index in [1.807, 2.05) is 25.1 Å². The number of nitrogens with zero attached hydrogens (tertiary/aromatic N) is 4. The molecule has 0 bridgehead atoms. The van der Waals surface area contributed by atoms with Gasteiger partial charge in [0.15, 0.2) is 0 Å². The van der Waals surface area contributed by atoms with Crippen LogP contribution in [0.5, 0.6) is 0 Å². The van der Waals surface area contributed by atoms with Crippen molar-refractivity contribution < 1.29 is 0 Å². The van der Waals surface area contributed by atoms with Gasteiger partial charge in [0.25, 0.3) is 0 Å². The zero-order valence-electron chi connectivity index (χ0n) is 10.6. The van der Waals surface area contributed by atoms with Gasteiger partial charge in [-0.15, -0.1) is 11.6 Å². The van der Waals surface area contributed by atoms with Crippen LogP contribution in [0, 0.1) is 5.92 Å². The van der Waals surface area contributed by atoms with Crippen molar-refractivity contribution in [2.45, 2.75) is 18.7 Å². The van der Waals surface area contributed by atoms with Crippen molar-refractivity contribution in [1.82, 2.24) is 9.97 Å². The van der Waals surface area contributed by atoms with Crippen molar-refractivity contribution in [3.63, 3.8) is 0 Å². The van der Waals surface area contributed by atoms with Gasteiger partial charge in [-0.2, -0.15) is 4.98 Å². The summed E-state index contributed by atoms with van der Waals surface area (Å²) < 4.78 is 0. The predicted molar refractivity (Wildman–Crippen MR) is 72.0 cm³/mol. The van der Waals surface area contributed by atoms with Gasteiger partial charge >= 0.3 is 0 Å². The average molecular weight is 255 g/mol. The molecule has 2 rings (SSSR count). The van der Waals surface area contributed by atoms with Crippen molar-refractivity contribution in [3.8, 4) is 0 Å². The molecule has 2 unspecified atom stereocenters.